The zero-order valence-corrected chi connectivity index (χ0v) is 5.74. The van der Waals surface area contributed by atoms with Crippen LogP contribution in [0.4, 0.5) is 8.78 Å². The van der Waals surface area contributed by atoms with Gasteiger partial charge in [0.15, 0.2) is 0 Å². The number of rotatable bonds is 0. The molecule has 11 heavy (non-hydrogen) atoms. The van der Waals surface area contributed by atoms with Crippen molar-refractivity contribution in [2.75, 3.05) is 0 Å². The van der Waals surface area contributed by atoms with Crippen LogP contribution >= 0.6 is 0 Å². The molecule has 0 aromatic heterocycles. The zero-order chi connectivity index (χ0) is 8.01. The maximum atomic E-state index is 13.0. The van der Waals surface area contributed by atoms with E-state index in [1.165, 1.54) is 0 Å². The highest BCUT2D eigenvalue weighted by atomic mass is 19.1. The van der Waals surface area contributed by atoms with E-state index in [-0.39, 0.29) is 0 Å². The molecular formula is C8H7F2N. The van der Waals surface area contributed by atoms with Crippen LogP contribution in [0.5, 0.6) is 0 Å². The van der Waals surface area contributed by atoms with Crippen LogP contribution in [0.3, 0.4) is 0 Å². The van der Waals surface area contributed by atoms with Gasteiger partial charge in [-0.25, -0.2) is 8.78 Å². The van der Waals surface area contributed by atoms with Gasteiger partial charge in [-0.05, 0) is 0 Å². The summed E-state index contributed by atoms with van der Waals surface area (Å²) in [6.45, 7) is 0. The van der Waals surface area contributed by atoms with Gasteiger partial charge in [-0.15, -0.1) is 0 Å². The standard InChI is InChI=1S/C8H7F2N/c9-7-4-1-2-5(7)8(10)6(4)3-11/h1-2,4-8H. The second-order valence-corrected chi connectivity index (χ2v) is 3.08. The molecule has 0 aromatic rings. The molecule has 0 radical (unpaired) electrons. The summed E-state index contributed by atoms with van der Waals surface area (Å²) >= 11 is 0. The van der Waals surface area contributed by atoms with Crippen LogP contribution in [0.2, 0.25) is 0 Å². The topological polar surface area (TPSA) is 23.8 Å². The minimum Gasteiger partial charge on any atom is -0.246 e. The van der Waals surface area contributed by atoms with Crippen molar-refractivity contribution in [3.8, 4) is 6.07 Å². The molecule has 2 bridgehead atoms. The van der Waals surface area contributed by atoms with Crippen LogP contribution < -0.4 is 0 Å². The van der Waals surface area contributed by atoms with Crippen molar-refractivity contribution < 1.29 is 8.78 Å². The third-order valence-corrected chi connectivity index (χ3v) is 2.57. The Morgan fingerprint density at radius 2 is 1.73 bits per heavy atom. The molecule has 0 amide bonds. The molecule has 2 rings (SSSR count). The largest absolute Gasteiger partial charge is 0.246 e. The summed E-state index contributed by atoms with van der Waals surface area (Å²) in [5.74, 6) is -1.88. The molecule has 0 spiro atoms. The van der Waals surface area contributed by atoms with E-state index < -0.39 is 30.1 Å². The number of nitriles is 1. The number of alkyl halides is 2. The minimum absolute atomic E-state index is 0.486. The first-order valence-electron chi connectivity index (χ1n) is 3.62. The van der Waals surface area contributed by atoms with E-state index in [9.17, 15) is 8.78 Å². The maximum absolute atomic E-state index is 13.0. The molecule has 1 fully saturated rings. The molecule has 0 saturated heterocycles. The van der Waals surface area contributed by atoms with Crippen molar-refractivity contribution in [1.82, 2.24) is 0 Å². The average molecular weight is 155 g/mol. The lowest BCUT2D eigenvalue weighted by molar-refractivity contribution is 0.223. The number of hydrogen-bond acceptors (Lipinski definition) is 1. The fourth-order valence-corrected chi connectivity index (χ4v) is 1.93. The summed E-state index contributed by atoms with van der Waals surface area (Å²) in [4.78, 5) is 0. The van der Waals surface area contributed by atoms with Crippen LogP contribution in [0.15, 0.2) is 12.2 Å². The second-order valence-electron chi connectivity index (χ2n) is 3.08. The van der Waals surface area contributed by atoms with Gasteiger partial charge in [0.2, 0.25) is 0 Å². The molecular weight excluding hydrogens is 148 g/mol. The Hall–Kier alpha value is -0.910. The predicted molar refractivity (Wildman–Crippen MR) is 35.0 cm³/mol. The van der Waals surface area contributed by atoms with Gasteiger partial charge in [0.05, 0.1) is 12.0 Å². The molecule has 5 atom stereocenters. The average Bonchev–Trinajstić information content (AvgIpc) is 2.44. The van der Waals surface area contributed by atoms with Crippen LogP contribution in [0.25, 0.3) is 0 Å². The summed E-state index contributed by atoms with van der Waals surface area (Å²) < 4.78 is 26.0. The SMILES string of the molecule is N#CC1C(F)C2C=CC1C2F. The molecule has 58 valence electrons. The van der Waals surface area contributed by atoms with Crippen molar-refractivity contribution >= 4 is 0 Å². The number of halogens is 2. The van der Waals surface area contributed by atoms with Gasteiger partial charge in [-0.2, -0.15) is 5.26 Å². The van der Waals surface area contributed by atoms with E-state index in [2.05, 4.69) is 0 Å². The minimum atomic E-state index is -1.29. The zero-order valence-electron chi connectivity index (χ0n) is 5.74. The highest BCUT2D eigenvalue weighted by molar-refractivity contribution is 5.23. The Kier molecular flexibility index (Phi) is 1.26. The fourth-order valence-electron chi connectivity index (χ4n) is 1.93. The van der Waals surface area contributed by atoms with Gasteiger partial charge in [-0.3, -0.25) is 0 Å². The monoisotopic (exact) mass is 155 g/mol. The van der Waals surface area contributed by atoms with Crippen LogP contribution in [0.1, 0.15) is 0 Å². The molecule has 2 aliphatic carbocycles. The Morgan fingerprint density at radius 3 is 2.09 bits per heavy atom. The summed E-state index contributed by atoms with van der Waals surface area (Å²) in [5.41, 5.74) is 0. The van der Waals surface area contributed by atoms with E-state index in [0.29, 0.717) is 0 Å². The van der Waals surface area contributed by atoms with Crippen molar-refractivity contribution in [3.05, 3.63) is 12.2 Å². The lowest BCUT2D eigenvalue weighted by atomic mass is 9.94. The van der Waals surface area contributed by atoms with E-state index in [4.69, 9.17) is 5.26 Å². The molecule has 0 heterocycles. The molecule has 1 nitrogen and oxygen atoms in total. The molecule has 0 N–H and O–H groups in total. The van der Waals surface area contributed by atoms with Gasteiger partial charge in [-0.1, -0.05) is 12.2 Å². The van der Waals surface area contributed by atoms with Gasteiger partial charge in [0.1, 0.15) is 12.3 Å². The van der Waals surface area contributed by atoms with Gasteiger partial charge in [0, 0.05) is 11.8 Å². The number of fused-ring (bicyclic) bond motifs is 2. The van der Waals surface area contributed by atoms with Gasteiger partial charge >= 0.3 is 0 Å². The lowest BCUT2D eigenvalue weighted by Crippen LogP contribution is -2.18. The molecule has 0 aromatic carbocycles. The smallest absolute Gasteiger partial charge is 0.126 e. The molecule has 0 aliphatic heterocycles. The predicted octanol–water partition coefficient (Wildman–Crippen LogP) is 1.62. The Labute approximate surface area is 63.3 Å². The van der Waals surface area contributed by atoms with E-state index in [1.807, 2.05) is 6.07 Å². The normalized spacial score (nSPS) is 53.0. The molecule has 2 aliphatic rings. The van der Waals surface area contributed by atoms with Crippen molar-refractivity contribution in [2.45, 2.75) is 12.3 Å². The van der Waals surface area contributed by atoms with Crippen LogP contribution in [-0.4, -0.2) is 12.3 Å². The second kappa shape index (κ2) is 2.04. The third-order valence-electron chi connectivity index (χ3n) is 2.57. The van der Waals surface area contributed by atoms with E-state index >= 15 is 0 Å². The van der Waals surface area contributed by atoms with Gasteiger partial charge < -0.3 is 0 Å². The van der Waals surface area contributed by atoms with E-state index in [0.717, 1.165) is 0 Å². The number of hydrogen-bond donors (Lipinski definition) is 0. The van der Waals surface area contributed by atoms with Crippen molar-refractivity contribution in [3.63, 3.8) is 0 Å². The number of nitrogens with zero attached hydrogens (tertiary/aromatic N) is 1. The molecule has 5 unspecified atom stereocenters. The summed E-state index contributed by atoms with van der Waals surface area (Å²) in [5, 5.41) is 8.49. The Balaban J connectivity index is 2.32. The first kappa shape index (κ1) is 6.78. The maximum Gasteiger partial charge on any atom is 0.126 e. The Bertz CT molecular complexity index is 243. The fraction of sp³-hybridized carbons (Fsp3) is 0.625. The lowest BCUT2D eigenvalue weighted by Gasteiger charge is -2.12. The number of allylic oxidation sites excluding steroid dienone is 2. The summed E-state index contributed by atoms with van der Waals surface area (Å²) in [6, 6.07) is 1.81. The van der Waals surface area contributed by atoms with Crippen molar-refractivity contribution in [1.29, 1.82) is 5.26 Å². The van der Waals surface area contributed by atoms with E-state index in [1.54, 1.807) is 12.2 Å². The van der Waals surface area contributed by atoms with Crippen molar-refractivity contribution in [2.24, 2.45) is 17.8 Å². The molecule has 1 saturated carbocycles. The first-order valence-corrected chi connectivity index (χ1v) is 3.62. The van der Waals surface area contributed by atoms with Crippen LogP contribution in [-0.2, 0) is 0 Å². The molecule has 3 heteroatoms. The summed E-state index contributed by atoms with van der Waals surface area (Å²) in [6.07, 6.45) is 0.729. The Morgan fingerprint density at radius 1 is 1.09 bits per heavy atom. The highest BCUT2D eigenvalue weighted by Crippen LogP contribution is 2.46. The summed E-state index contributed by atoms with van der Waals surface area (Å²) in [7, 11) is 0. The van der Waals surface area contributed by atoms with Gasteiger partial charge in [0.25, 0.3) is 0 Å². The van der Waals surface area contributed by atoms with Crippen LogP contribution in [0, 0.1) is 29.1 Å². The first-order chi connectivity index (χ1) is 5.25. The highest BCUT2D eigenvalue weighted by Gasteiger charge is 2.53. The quantitative estimate of drug-likeness (QED) is 0.487. The third kappa shape index (κ3) is 0.671.